The van der Waals surface area contributed by atoms with E-state index in [1.807, 2.05) is 59.5 Å². The van der Waals surface area contributed by atoms with Gasteiger partial charge in [-0.2, -0.15) is 0 Å². The summed E-state index contributed by atoms with van der Waals surface area (Å²) >= 11 is 6.35. The summed E-state index contributed by atoms with van der Waals surface area (Å²) in [5, 5.41) is 10.1. The Kier molecular flexibility index (Phi) is 6.52. The Morgan fingerprint density at radius 1 is 1.06 bits per heavy atom. The van der Waals surface area contributed by atoms with Gasteiger partial charge in [0.25, 0.3) is 5.91 Å². The molecule has 1 fully saturated rings. The average molecular weight is 504 g/mol. The van der Waals surface area contributed by atoms with E-state index >= 15 is 0 Å². The summed E-state index contributed by atoms with van der Waals surface area (Å²) in [6.07, 6.45) is 4.60. The number of ether oxygens (including phenoxy) is 1. The minimum absolute atomic E-state index is 0.143. The van der Waals surface area contributed by atoms with Crippen LogP contribution in [0.2, 0.25) is 5.02 Å². The van der Waals surface area contributed by atoms with Gasteiger partial charge in [-0.3, -0.25) is 9.59 Å². The number of carbonyl (C=O) groups is 2. The summed E-state index contributed by atoms with van der Waals surface area (Å²) in [6.45, 7) is 4.36. The first-order valence-electron chi connectivity index (χ1n) is 12.4. The summed E-state index contributed by atoms with van der Waals surface area (Å²) in [7, 11) is 0. The second-order valence-corrected chi connectivity index (χ2v) is 10.7. The number of carboxylic acids is 1. The van der Waals surface area contributed by atoms with E-state index in [2.05, 4.69) is 0 Å². The van der Waals surface area contributed by atoms with Gasteiger partial charge in [0.2, 0.25) is 0 Å². The zero-order valence-corrected chi connectivity index (χ0v) is 21.3. The number of benzene rings is 3. The van der Waals surface area contributed by atoms with Crippen molar-refractivity contribution in [3.8, 4) is 16.9 Å². The maximum atomic E-state index is 12.8. The van der Waals surface area contributed by atoms with Crippen LogP contribution < -0.4 is 4.74 Å². The van der Waals surface area contributed by atoms with Crippen molar-refractivity contribution in [3.63, 3.8) is 0 Å². The highest BCUT2D eigenvalue weighted by Gasteiger charge is 2.34. The van der Waals surface area contributed by atoms with E-state index in [0.29, 0.717) is 29.8 Å². The predicted molar refractivity (Wildman–Crippen MR) is 140 cm³/mol. The summed E-state index contributed by atoms with van der Waals surface area (Å²) in [6, 6.07) is 19.6. The Morgan fingerprint density at radius 2 is 1.81 bits per heavy atom. The van der Waals surface area contributed by atoms with Gasteiger partial charge in [0.1, 0.15) is 12.4 Å². The monoisotopic (exact) mass is 503 g/mol. The van der Waals surface area contributed by atoms with E-state index in [9.17, 15) is 14.7 Å². The molecular weight excluding hydrogens is 474 g/mol. The average Bonchev–Trinajstić information content (AvgIpc) is 3.51. The van der Waals surface area contributed by atoms with Crippen molar-refractivity contribution in [1.29, 1.82) is 0 Å². The minimum Gasteiger partial charge on any atom is -0.489 e. The van der Waals surface area contributed by atoms with Crippen molar-refractivity contribution in [2.75, 3.05) is 0 Å². The van der Waals surface area contributed by atoms with Crippen LogP contribution in [0.15, 0.2) is 60.7 Å². The van der Waals surface area contributed by atoms with Crippen molar-refractivity contribution in [1.82, 2.24) is 4.90 Å². The molecule has 1 heterocycles. The van der Waals surface area contributed by atoms with Crippen LogP contribution in [-0.4, -0.2) is 27.9 Å². The van der Waals surface area contributed by atoms with Gasteiger partial charge in [-0.25, -0.2) is 0 Å². The third-order valence-corrected chi connectivity index (χ3v) is 7.84. The van der Waals surface area contributed by atoms with Gasteiger partial charge in [-0.1, -0.05) is 48.7 Å². The number of rotatable bonds is 7. The Bertz CT molecular complexity index is 1330. The Balaban J connectivity index is 1.31. The molecule has 1 N–H and O–H groups in total. The van der Waals surface area contributed by atoms with Crippen LogP contribution in [0.4, 0.5) is 0 Å². The van der Waals surface area contributed by atoms with Crippen LogP contribution in [0.1, 0.15) is 66.6 Å². The summed E-state index contributed by atoms with van der Waals surface area (Å²) < 4.78 is 6.10. The second-order valence-electron chi connectivity index (χ2n) is 10.3. The van der Waals surface area contributed by atoms with Crippen LogP contribution in [0.5, 0.6) is 5.75 Å². The molecule has 1 aliphatic carbocycles. The summed E-state index contributed by atoms with van der Waals surface area (Å²) in [5.74, 6) is -0.0344. The van der Waals surface area contributed by atoms with E-state index < -0.39 is 11.4 Å². The van der Waals surface area contributed by atoms with Gasteiger partial charge >= 0.3 is 5.97 Å². The number of carbonyl (C=O) groups excluding carboxylic acids is 1. The van der Waals surface area contributed by atoms with E-state index in [4.69, 9.17) is 16.3 Å². The highest BCUT2D eigenvalue weighted by atomic mass is 35.5. The summed E-state index contributed by atoms with van der Waals surface area (Å²) in [4.78, 5) is 26.6. The van der Waals surface area contributed by atoms with Gasteiger partial charge in [0.15, 0.2) is 0 Å². The number of carboxylic acid groups (broad SMARTS) is 1. The highest BCUT2D eigenvalue weighted by molar-refractivity contribution is 6.31. The molecule has 0 atom stereocenters. The number of nitrogens with zero attached hydrogens (tertiary/aromatic N) is 1. The highest BCUT2D eigenvalue weighted by Crippen LogP contribution is 2.35. The topological polar surface area (TPSA) is 66.8 Å². The van der Waals surface area contributed by atoms with Gasteiger partial charge < -0.3 is 14.7 Å². The van der Waals surface area contributed by atoms with Crippen LogP contribution in [-0.2, 0) is 23.4 Å². The lowest BCUT2D eigenvalue weighted by atomic mass is 9.83. The first kappa shape index (κ1) is 24.4. The Morgan fingerprint density at radius 3 is 2.56 bits per heavy atom. The lowest BCUT2D eigenvalue weighted by molar-refractivity contribution is -0.142. The zero-order valence-electron chi connectivity index (χ0n) is 20.6. The maximum Gasteiger partial charge on any atom is 0.313 e. The molecule has 2 aliphatic rings. The fourth-order valence-electron chi connectivity index (χ4n) is 5.23. The van der Waals surface area contributed by atoms with Crippen molar-refractivity contribution in [3.05, 3.63) is 87.9 Å². The molecule has 36 heavy (non-hydrogen) atoms. The molecule has 0 radical (unpaired) electrons. The normalized spacial score (nSPS) is 15.9. The Hall–Kier alpha value is -3.31. The third-order valence-electron chi connectivity index (χ3n) is 7.51. The molecule has 0 spiro atoms. The molecule has 0 bridgehead atoms. The lowest BCUT2D eigenvalue weighted by Crippen LogP contribution is -2.33. The Labute approximate surface area is 216 Å². The van der Waals surface area contributed by atoms with Gasteiger partial charge in [-0.15, -0.1) is 0 Å². The van der Waals surface area contributed by atoms with Crippen LogP contribution in [0.25, 0.3) is 11.1 Å². The molecule has 0 aromatic heterocycles. The fourth-order valence-corrected chi connectivity index (χ4v) is 5.58. The molecule has 5 rings (SSSR count). The van der Waals surface area contributed by atoms with E-state index in [1.165, 1.54) is 12.8 Å². The number of fused-ring (bicyclic) bond motifs is 1. The van der Waals surface area contributed by atoms with Crippen LogP contribution in [0, 0.1) is 0 Å². The molecule has 3 aromatic rings. The summed E-state index contributed by atoms with van der Waals surface area (Å²) in [5.41, 5.74) is 4.15. The van der Waals surface area contributed by atoms with Gasteiger partial charge in [-0.05, 0) is 90.9 Å². The second kappa shape index (κ2) is 9.62. The first-order chi connectivity index (χ1) is 17.2. The molecule has 1 amide bonds. The lowest BCUT2D eigenvalue weighted by Gasteiger charge is -2.23. The SMILES string of the molecule is CC(C)(C(=O)O)c1cc(-c2cccc(COc3ccc4c(c3)CN(C3CCCC3)C4=O)c2)ccc1Cl. The van der Waals surface area contributed by atoms with Crippen LogP contribution >= 0.6 is 11.6 Å². The van der Waals surface area contributed by atoms with E-state index in [-0.39, 0.29) is 5.91 Å². The van der Waals surface area contributed by atoms with Gasteiger partial charge in [0, 0.05) is 23.2 Å². The molecule has 3 aromatic carbocycles. The number of hydrogen-bond donors (Lipinski definition) is 1. The maximum absolute atomic E-state index is 12.8. The molecular formula is C30H30ClNO4. The first-order valence-corrected chi connectivity index (χ1v) is 12.8. The molecule has 0 unspecified atom stereocenters. The van der Waals surface area contributed by atoms with Gasteiger partial charge in [0.05, 0.1) is 5.41 Å². The third kappa shape index (κ3) is 4.60. The fraction of sp³-hybridized carbons (Fsp3) is 0.333. The van der Waals surface area contributed by atoms with Crippen LogP contribution in [0.3, 0.4) is 0 Å². The molecule has 6 heteroatoms. The molecule has 0 saturated heterocycles. The smallest absolute Gasteiger partial charge is 0.313 e. The number of hydrogen-bond acceptors (Lipinski definition) is 3. The minimum atomic E-state index is -1.10. The number of halogens is 1. The molecule has 5 nitrogen and oxygen atoms in total. The number of aliphatic carboxylic acids is 1. The molecule has 1 saturated carbocycles. The quantitative estimate of drug-likeness (QED) is 0.383. The number of amides is 1. The van der Waals surface area contributed by atoms with E-state index in [0.717, 1.165) is 46.4 Å². The van der Waals surface area contributed by atoms with Crippen molar-refractivity contribution >= 4 is 23.5 Å². The molecule has 186 valence electrons. The van der Waals surface area contributed by atoms with Crippen molar-refractivity contribution in [2.45, 2.75) is 64.1 Å². The van der Waals surface area contributed by atoms with E-state index in [1.54, 1.807) is 19.9 Å². The van der Waals surface area contributed by atoms with Crippen molar-refractivity contribution < 1.29 is 19.4 Å². The largest absolute Gasteiger partial charge is 0.489 e. The predicted octanol–water partition coefficient (Wildman–Crippen LogP) is 6.85. The van der Waals surface area contributed by atoms with Crippen molar-refractivity contribution in [2.24, 2.45) is 0 Å². The zero-order chi connectivity index (χ0) is 25.4. The standard InChI is InChI=1S/C30H30ClNO4/c1-30(2,29(34)35)26-16-21(10-13-27(26)31)20-7-5-6-19(14-20)18-36-24-11-12-25-22(15-24)17-32(28(25)33)23-8-3-4-9-23/h5-7,10-16,23H,3-4,8-9,17-18H2,1-2H3,(H,34,35). The molecule has 1 aliphatic heterocycles.